The summed E-state index contributed by atoms with van der Waals surface area (Å²) >= 11 is 3.09. The first kappa shape index (κ1) is 11.2. The largest absolute Gasteiger partial charge is 0.387 e. The molecule has 0 saturated heterocycles. The van der Waals surface area contributed by atoms with Gasteiger partial charge in [0.25, 0.3) is 0 Å². The number of hydrogen-bond acceptors (Lipinski definition) is 1. The van der Waals surface area contributed by atoms with Crippen LogP contribution in [0.15, 0.2) is 27.7 Å². The average molecular weight is 259 g/mol. The fourth-order valence-electron chi connectivity index (χ4n) is 0.833. The summed E-state index contributed by atoms with van der Waals surface area (Å²) in [5.41, 5.74) is 6.33. The van der Waals surface area contributed by atoms with Gasteiger partial charge in [0.2, 0.25) is 0 Å². The summed E-state index contributed by atoms with van der Waals surface area (Å²) in [5.74, 6) is 0.439. The summed E-state index contributed by atoms with van der Waals surface area (Å²) in [5, 5.41) is 0. The summed E-state index contributed by atoms with van der Waals surface area (Å²) in [6.45, 7) is 3.91. The number of benzene rings is 1. The molecule has 1 aromatic carbocycles. The second-order valence-corrected chi connectivity index (χ2v) is 4.14. The minimum absolute atomic E-state index is 0.193. The van der Waals surface area contributed by atoms with E-state index in [2.05, 4.69) is 20.9 Å². The fraction of sp³-hybridized carbons (Fsp3) is 0.300. The Kier molecular flexibility index (Phi) is 3.63. The lowest BCUT2D eigenvalue weighted by Crippen LogP contribution is -2.17. The van der Waals surface area contributed by atoms with Gasteiger partial charge in [-0.25, -0.2) is 9.38 Å². The number of halogens is 2. The summed E-state index contributed by atoms with van der Waals surface area (Å²) in [6.07, 6.45) is 0. The predicted octanol–water partition coefficient (Wildman–Crippen LogP) is 3.23. The van der Waals surface area contributed by atoms with Crippen molar-refractivity contribution >= 4 is 27.5 Å². The standard InChI is InChI=1S/C10H12BrFN2/c1-6(2)10(13)14-7-3-4-9(12)8(11)5-7/h3-6H,1-2H3,(H2,13,14). The molecule has 0 heterocycles. The van der Waals surface area contributed by atoms with E-state index in [1.165, 1.54) is 6.07 Å². The molecule has 0 aromatic heterocycles. The highest BCUT2D eigenvalue weighted by molar-refractivity contribution is 9.10. The van der Waals surface area contributed by atoms with Gasteiger partial charge in [0.1, 0.15) is 11.7 Å². The molecule has 0 spiro atoms. The number of aliphatic imine (C=N–C) groups is 1. The third kappa shape index (κ3) is 2.80. The minimum atomic E-state index is -0.299. The summed E-state index contributed by atoms with van der Waals surface area (Å²) < 4.78 is 13.3. The molecule has 0 aliphatic rings. The summed E-state index contributed by atoms with van der Waals surface area (Å²) in [7, 11) is 0. The van der Waals surface area contributed by atoms with Crippen molar-refractivity contribution < 1.29 is 4.39 Å². The van der Waals surface area contributed by atoms with Gasteiger partial charge in [-0.15, -0.1) is 0 Å². The third-order valence-corrected chi connectivity index (χ3v) is 2.36. The van der Waals surface area contributed by atoms with Crippen molar-refractivity contribution in [3.05, 3.63) is 28.5 Å². The molecule has 0 saturated carbocycles. The zero-order valence-corrected chi connectivity index (χ0v) is 9.68. The molecule has 0 radical (unpaired) electrons. The molecule has 0 fully saturated rings. The number of hydrogen-bond donors (Lipinski definition) is 1. The van der Waals surface area contributed by atoms with Crippen molar-refractivity contribution in [2.75, 3.05) is 0 Å². The molecular weight excluding hydrogens is 247 g/mol. The number of amidine groups is 1. The average Bonchev–Trinajstić information content (AvgIpc) is 2.11. The second-order valence-electron chi connectivity index (χ2n) is 3.29. The van der Waals surface area contributed by atoms with E-state index >= 15 is 0 Å². The van der Waals surface area contributed by atoms with E-state index in [0.29, 0.717) is 16.0 Å². The van der Waals surface area contributed by atoms with Crippen LogP contribution in [-0.2, 0) is 0 Å². The Balaban J connectivity index is 2.98. The van der Waals surface area contributed by atoms with Gasteiger partial charge in [-0.05, 0) is 34.1 Å². The van der Waals surface area contributed by atoms with Gasteiger partial charge >= 0.3 is 0 Å². The molecule has 0 atom stereocenters. The van der Waals surface area contributed by atoms with Gasteiger partial charge in [0.05, 0.1) is 10.2 Å². The first-order valence-corrected chi connectivity index (χ1v) is 5.09. The Hall–Kier alpha value is -0.900. The van der Waals surface area contributed by atoms with Crippen LogP contribution in [0, 0.1) is 11.7 Å². The van der Waals surface area contributed by atoms with Gasteiger partial charge in [-0.1, -0.05) is 13.8 Å². The first-order valence-electron chi connectivity index (χ1n) is 4.30. The van der Waals surface area contributed by atoms with Gasteiger partial charge in [-0.3, -0.25) is 0 Å². The van der Waals surface area contributed by atoms with E-state index in [0.717, 1.165) is 0 Å². The van der Waals surface area contributed by atoms with Crippen molar-refractivity contribution in [2.24, 2.45) is 16.6 Å². The van der Waals surface area contributed by atoms with E-state index in [1.54, 1.807) is 12.1 Å². The molecule has 76 valence electrons. The van der Waals surface area contributed by atoms with Crippen molar-refractivity contribution in [1.29, 1.82) is 0 Å². The normalized spacial score (nSPS) is 12.2. The van der Waals surface area contributed by atoms with Crippen LogP contribution >= 0.6 is 15.9 Å². The van der Waals surface area contributed by atoms with Gasteiger partial charge in [-0.2, -0.15) is 0 Å². The molecule has 2 nitrogen and oxygen atoms in total. The smallest absolute Gasteiger partial charge is 0.137 e. The molecule has 0 aliphatic heterocycles. The topological polar surface area (TPSA) is 38.4 Å². The first-order chi connectivity index (χ1) is 6.50. The maximum atomic E-state index is 12.9. The summed E-state index contributed by atoms with van der Waals surface area (Å²) in [4.78, 5) is 4.16. The van der Waals surface area contributed by atoms with Crippen LogP contribution in [0.25, 0.3) is 0 Å². The van der Waals surface area contributed by atoms with Crippen LogP contribution in [-0.4, -0.2) is 5.84 Å². The molecule has 4 heteroatoms. The van der Waals surface area contributed by atoms with Crippen molar-refractivity contribution in [3.8, 4) is 0 Å². The SMILES string of the molecule is CC(C)C(N)=Nc1ccc(F)c(Br)c1. The van der Waals surface area contributed by atoms with Gasteiger partial charge in [0.15, 0.2) is 0 Å². The van der Waals surface area contributed by atoms with Gasteiger partial charge in [0, 0.05) is 5.92 Å². The number of rotatable bonds is 2. The monoisotopic (exact) mass is 258 g/mol. The highest BCUT2D eigenvalue weighted by Crippen LogP contribution is 2.22. The second kappa shape index (κ2) is 4.55. The number of nitrogens with zero attached hydrogens (tertiary/aromatic N) is 1. The lowest BCUT2D eigenvalue weighted by atomic mass is 10.2. The molecule has 0 unspecified atom stereocenters. The summed E-state index contributed by atoms with van der Waals surface area (Å²) in [6, 6.07) is 4.55. The Labute approximate surface area is 91.2 Å². The molecule has 2 N–H and O–H groups in total. The van der Waals surface area contributed by atoms with E-state index in [-0.39, 0.29) is 11.7 Å². The van der Waals surface area contributed by atoms with Crippen molar-refractivity contribution in [1.82, 2.24) is 0 Å². The highest BCUT2D eigenvalue weighted by Gasteiger charge is 2.02. The maximum Gasteiger partial charge on any atom is 0.137 e. The fourth-order valence-corrected chi connectivity index (χ4v) is 1.20. The van der Waals surface area contributed by atoms with Crippen molar-refractivity contribution in [3.63, 3.8) is 0 Å². The molecule has 1 aromatic rings. The van der Waals surface area contributed by atoms with E-state index in [1.807, 2.05) is 13.8 Å². The van der Waals surface area contributed by atoms with Crippen molar-refractivity contribution in [2.45, 2.75) is 13.8 Å². The van der Waals surface area contributed by atoms with Crippen LogP contribution in [0.3, 0.4) is 0 Å². The quantitative estimate of drug-likeness (QED) is 0.642. The third-order valence-electron chi connectivity index (χ3n) is 1.75. The Morgan fingerprint density at radius 1 is 1.50 bits per heavy atom. The zero-order chi connectivity index (χ0) is 10.7. The number of nitrogens with two attached hydrogens (primary N) is 1. The molecule has 14 heavy (non-hydrogen) atoms. The Bertz CT molecular complexity index is 361. The maximum absolute atomic E-state index is 12.9. The zero-order valence-electron chi connectivity index (χ0n) is 8.09. The van der Waals surface area contributed by atoms with E-state index in [9.17, 15) is 4.39 Å². The van der Waals surface area contributed by atoms with Crippen LogP contribution in [0.2, 0.25) is 0 Å². The molecular formula is C10H12BrFN2. The molecule has 0 aliphatic carbocycles. The molecule has 0 bridgehead atoms. The highest BCUT2D eigenvalue weighted by atomic mass is 79.9. The van der Waals surface area contributed by atoms with E-state index < -0.39 is 0 Å². The lowest BCUT2D eigenvalue weighted by molar-refractivity contribution is 0.621. The molecule has 1 rings (SSSR count). The van der Waals surface area contributed by atoms with Crippen LogP contribution in [0.1, 0.15) is 13.8 Å². The van der Waals surface area contributed by atoms with Crippen LogP contribution in [0.4, 0.5) is 10.1 Å². The van der Waals surface area contributed by atoms with Crippen LogP contribution < -0.4 is 5.73 Å². The lowest BCUT2D eigenvalue weighted by Gasteiger charge is -2.04. The Morgan fingerprint density at radius 3 is 2.64 bits per heavy atom. The predicted molar refractivity (Wildman–Crippen MR) is 60.2 cm³/mol. The molecule has 0 amide bonds. The van der Waals surface area contributed by atoms with Gasteiger partial charge < -0.3 is 5.73 Å². The van der Waals surface area contributed by atoms with Crippen LogP contribution in [0.5, 0.6) is 0 Å². The Morgan fingerprint density at radius 2 is 2.14 bits per heavy atom. The minimum Gasteiger partial charge on any atom is -0.387 e. The van der Waals surface area contributed by atoms with E-state index in [4.69, 9.17) is 5.73 Å².